The summed E-state index contributed by atoms with van der Waals surface area (Å²) < 4.78 is 23.2. The number of imidazole rings is 1. The molecule has 0 fully saturated rings. The van der Waals surface area contributed by atoms with Gasteiger partial charge in [0.2, 0.25) is 5.96 Å². The first-order valence-corrected chi connectivity index (χ1v) is 9.94. The van der Waals surface area contributed by atoms with Crippen molar-refractivity contribution in [3.8, 4) is 17.1 Å². The molecule has 0 spiro atoms. The molecule has 3 aromatic rings. The van der Waals surface area contributed by atoms with Gasteiger partial charge < -0.3 is 15.6 Å². The van der Waals surface area contributed by atoms with Gasteiger partial charge in [-0.05, 0) is 47.6 Å². The number of hydrogen-bond acceptors (Lipinski definition) is 6. The summed E-state index contributed by atoms with van der Waals surface area (Å²) in [5, 5.41) is 5.98. The van der Waals surface area contributed by atoms with E-state index in [0.29, 0.717) is 5.75 Å². The first-order chi connectivity index (χ1) is 13.3. The predicted molar refractivity (Wildman–Crippen MR) is 103 cm³/mol. The molecule has 0 bridgehead atoms. The molecule has 9 nitrogen and oxygen atoms in total. The number of carbonyl (C=O) groups is 1. The van der Waals surface area contributed by atoms with Crippen LogP contribution < -0.4 is 15.9 Å². The highest BCUT2D eigenvalue weighted by Gasteiger charge is 2.12. The van der Waals surface area contributed by atoms with E-state index in [4.69, 9.17) is 10.6 Å². The zero-order chi connectivity index (χ0) is 20.1. The third-order valence-electron chi connectivity index (χ3n) is 3.64. The molecule has 1 heterocycles. The molecule has 1 aromatic heterocycles. The van der Waals surface area contributed by atoms with Gasteiger partial charge in [-0.2, -0.15) is 0 Å². The van der Waals surface area contributed by atoms with E-state index in [1.807, 2.05) is 0 Å². The summed E-state index contributed by atoms with van der Waals surface area (Å²) in [5.74, 6) is 0.248. The summed E-state index contributed by atoms with van der Waals surface area (Å²) in [6, 6.07) is 12.5. The van der Waals surface area contributed by atoms with E-state index < -0.39 is 15.7 Å². The monoisotopic (exact) mass is 399 g/mol. The number of amides is 1. The maximum absolute atomic E-state index is 12.2. The smallest absolute Gasteiger partial charge is 0.258 e. The zero-order valence-electron chi connectivity index (χ0n) is 14.8. The zero-order valence-corrected chi connectivity index (χ0v) is 15.6. The molecule has 0 saturated carbocycles. The SMILES string of the molecule is CS(=O)(=O)c1cccc(C(=O)NC(N)=NOc2ccc(-c3ncc[nH]3)cc2)c1. The first kappa shape index (κ1) is 19.1. The number of oxime groups is 1. The summed E-state index contributed by atoms with van der Waals surface area (Å²) in [7, 11) is -3.43. The molecule has 3 rings (SSSR count). The van der Waals surface area contributed by atoms with Gasteiger partial charge in [-0.15, -0.1) is 0 Å². The van der Waals surface area contributed by atoms with Gasteiger partial charge in [-0.25, -0.2) is 13.4 Å². The Morgan fingerprint density at radius 2 is 1.96 bits per heavy atom. The number of carbonyl (C=O) groups excluding carboxylic acids is 1. The van der Waals surface area contributed by atoms with E-state index in [0.717, 1.165) is 17.6 Å². The average Bonchev–Trinajstić information content (AvgIpc) is 3.21. The van der Waals surface area contributed by atoms with E-state index in [9.17, 15) is 13.2 Å². The lowest BCUT2D eigenvalue weighted by Gasteiger charge is -2.06. The van der Waals surface area contributed by atoms with Crippen molar-refractivity contribution in [2.45, 2.75) is 4.90 Å². The standard InChI is InChI=1S/C18H17N5O4S/c1-28(25,26)15-4-2-3-13(11-15)17(24)22-18(19)23-27-14-7-5-12(6-8-14)16-20-9-10-21-16/h2-11H,1H3,(H,20,21)(H3,19,22,23,24). The maximum Gasteiger partial charge on any atom is 0.258 e. The molecule has 1 amide bonds. The van der Waals surface area contributed by atoms with Crippen LogP contribution in [0.2, 0.25) is 0 Å². The minimum atomic E-state index is -3.43. The summed E-state index contributed by atoms with van der Waals surface area (Å²) >= 11 is 0. The highest BCUT2D eigenvalue weighted by Crippen LogP contribution is 2.19. The number of aromatic nitrogens is 2. The van der Waals surface area contributed by atoms with E-state index in [2.05, 4.69) is 20.4 Å². The van der Waals surface area contributed by atoms with Crippen LogP contribution in [0, 0.1) is 0 Å². The summed E-state index contributed by atoms with van der Waals surface area (Å²) in [6.07, 6.45) is 4.43. The number of nitrogens with two attached hydrogens (primary N) is 1. The lowest BCUT2D eigenvalue weighted by Crippen LogP contribution is -2.37. The predicted octanol–water partition coefficient (Wildman–Crippen LogP) is 1.52. The molecule has 0 atom stereocenters. The van der Waals surface area contributed by atoms with Crippen molar-refractivity contribution in [3.63, 3.8) is 0 Å². The van der Waals surface area contributed by atoms with Crippen LogP contribution in [0.1, 0.15) is 10.4 Å². The van der Waals surface area contributed by atoms with Crippen molar-refractivity contribution in [2.24, 2.45) is 10.9 Å². The Kier molecular flexibility index (Phi) is 5.41. The van der Waals surface area contributed by atoms with Crippen molar-refractivity contribution in [1.82, 2.24) is 15.3 Å². The number of guanidine groups is 1. The lowest BCUT2D eigenvalue weighted by molar-refractivity contribution is 0.0975. The van der Waals surface area contributed by atoms with Crippen LogP contribution in [0.3, 0.4) is 0 Å². The first-order valence-electron chi connectivity index (χ1n) is 8.05. The number of sulfone groups is 1. The molecule has 0 aliphatic rings. The number of benzene rings is 2. The van der Waals surface area contributed by atoms with E-state index >= 15 is 0 Å². The molecular weight excluding hydrogens is 382 g/mol. The second kappa shape index (κ2) is 7.92. The average molecular weight is 399 g/mol. The molecule has 4 N–H and O–H groups in total. The second-order valence-electron chi connectivity index (χ2n) is 5.78. The van der Waals surface area contributed by atoms with Crippen LogP contribution in [0.25, 0.3) is 11.4 Å². The molecule has 0 unspecified atom stereocenters. The van der Waals surface area contributed by atoms with Crippen molar-refractivity contribution in [1.29, 1.82) is 0 Å². The minimum Gasteiger partial charge on any atom is -0.367 e. The maximum atomic E-state index is 12.2. The largest absolute Gasteiger partial charge is 0.367 e. The van der Waals surface area contributed by atoms with Gasteiger partial charge >= 0.3 is 0 Å². The van der Waals surface area contributed by atoms with Gasteiger partial charge in [0.15, 0.2) is 15.6 Å². The third kappa shape index (κ3) is 4.74. The van der Waals surface area contributed by atoms with Crippen LogP contribution in [0.5, 0.6) is 5.75 Å². The van der Waals surface area contributed by atoms with Crippen molar-refractivity contribution >= 4 is 21.7 Å². The number of nitrogens with one attached hydrogen (secondary N) is 2. The third-order valence-corrected chi connectivity index (χ3v) is 4.75. The number of aromatic amines is 1. The summed E-state index contributed by atoms with van der Waals surface area (Å²) in [4.78, 5) is 24.5. The van der Waals surface area contributed by atoms with Crippen LogP contribution in [0.4, 0.5) is 0 Å². The fourth-order valence-corrected chi connectivity index (χ4v) is 2.94. The molecule has 10 heteroatoms. The Morgan fingerprint density at radius 3 is 2.61 bits per heavy atom. The van der Waals surface area contributed by atoms with Crippen LogP contribution in [-0.4, -0.2) is 36.5 Å². The molecule has 0 aliphatic heterocycles. The fourth-order valence-electron chi connectivity index (χ4n) is 2.28. The summed E-state index contributed by atoms with van der Waals surface area (Å²) in [5.41, 5.74) is 6.65. The Balaban J connectivity index is 1.63. The number of nitrogens with zero attached hydrogens (tertiary/aromatic N) is 2. The van der Waals surface area contributed by atoms with E-state index in [1.165, 1.54) is 24.3 Å². The minimum absolute atomic E-state index is 0.0311. The number of hydrogen-bond donors (Lipinski definition) is 3. The Labute approximate surface area is 161 Å². The van der Waals surface area contributed by atoms with Crippen LogP contribution in [0.15, 0.2) is 71.0 Å². The topological polar surface area (TPSA) is 140 Å². The molecule has 144 valence electrons. The lowest BCUT2D eigenvalue weighted by atomic mass is 10.2. The van der Waals surface area contributed by atoms with Gasteiger partial charge in [0.1, 0.15) is 5.82 Å². The molecular formula is C18H17N5O4S. The Morgan fingerprint density at radius 1 is 1.21 bits per heavy atom. The molecule has 0 radical (unpaired) electrons. The van der Waals surface area contributed by atoms with Crippen LogP contribution >= 0.6 is 0 Å². The van der Waals surface area contributed by atoms with E-state index in [1.54, 1.807) is 36.7 Å². The van der Waals surface area contributed by atoms with Crippen molar-refractivity contribution in [2.75, 3.05) is 6.26 Å². The number of rotatable bonds is 5. The highest BCUT2D eigenvalue weighted by atomic mass is 32.2. The highest BCUT2D eigenvalue weighted by molar-refractivity contribution is 7.90. The molecule has 0 aliphatic carbocycles. The Bertz CT molecular complexity index is 1110. The molecule has 0 saturated heterocycles. The van der Waals surface area contributed by atoms with Crippen LogP contribution in [-0.2, 0) is 9.84 Å². The molecule has 2 aromatic carbocycles. The summed E-state index contributed by atoms with van der Waals surface area (Å²) in [6.45, 7) is 0. The van der Waals surface area contributed by atoms with Gasteiger partial charge in [0, 0.05) is 29.8 Å². The van der Waals surface area contributed by atoms with E-state index in [-0.39, 0.29) is 16.4 Å². The van der Waals surface area contributed by atoms with Crippen molar-refractivity contribution in [3.05, 3.63) is 66.5 Å². The van der Waals surface area contributed by atoms with Crippen molar-refractivity contribution < 1.29 is 18.0 Å². The van der Waals surface area contributed by atoms with Gasteiger partial charge in [0.25, 0.3) is 5.91 Å². The number of H-pyrrole nitrogens is 1. The second-order valence-corrected chi connectivity index (χ2v) is 7.80. The van der Waals surface area contributed by atoms with Gasteiger partial charge in [0.05, 0.1) is 4.90 Å². The Hall–Kier alpha value is -3.66. The fraction of sp³-hybridized carbons (Fsp3) is 0.0556. The quantitative estimate of drug-likeness (QED) is 0.338. The normalized spacial score (nSPS) is 11.8. The van der Waals surface area contributed by atoms with Gasteiger partial charge in [-0.1, -0.05) is 6.07 Å². The molecule has 28 heavy (non-hydrogen) atoms. The van der Waals surface area contributed by atoms with Gasteiger partial charge in [-0.3, -0.25) is 10.1 Å².